The third-order valence-electron chi connectivity index (χ3n) is 1.65. The lowest BCUT2D eigenvalue weighted by atomic mass is 10.1. The summed E-state index contributed by atoms with van der Waals surface area (Å²) in [6, 6.07) is 2.96. The van der Waals surface area contributed by atoms with Crippen molar-refractivity contribution in [3.05, 3.63) is 28.5 Å². The smallest absolute Gasteiger partial charge is 0.166 e. The molecule has 0 saturated carbocycles. The molecule has 4 heteroatoms. The molecule has 1 aromatic rings. The van der Waals surface area contributed by atoms with Crippen molar-refractivity contribution < 1.29 is 9.13 Å². The van der Waals surface area contributed by atoms with Crippen molar-refractivity contribution >= 4 is 27.5 Å². The lowest BCUT2D eigenvalue weighted by molar-refractivity contribution is 0.382. The zero-order valence-corrected chi connectivity index (χ0v) is 9.45. The fourth-order valence-corrected chi connectivity index (χ4v) is 1.78. The number of rotatable bonds is 3. The predicted molar refractivity (Wildman–Crippen MR) is 55.5 cm³/mol. The Balaban J connectivity index is 3.13. The van der Waals surface area contributed by atoms with Crippen LogP contribution in [0.5, 0.6) is 5.75 Å². The maximum atomic E-state index is 13.2. The van der Waals surface area contributed by atoms with Gasteiger partial charge in [0.2, 0.25) is 0 Å². The monoisotopic (exact) mass is 266 g/mol. The van der Waals surface area contributed by atoms with Gasteiger partial charge in [-0.15, -0.1) is 0 Å². The highest BCUT2D eigenvalue weighted by Crippen LogP contribution is 2.27. The number of methoxy groups -OCH3 is 1. The molecule has 0 aliphatic heterocycles. The summed E-state index contributed by atoms with van der Waals surface area (Å²) in [4.78, 5) is 0. The number of benzene rings is 1. The number of ether oxygens (including phenoxy) is 1. The topological polar surface area (TPSA) is 9.23 Å². The van der Waals surface area contributed by atoms with E-state index in [1.54, 1.807) is 6.07 Å². The highest BCUT2D eigenvalue weighted by Gasteiger charge is 2.09. The Morgan fingerprint density at radius 2 is 2.23 bits per heavy atom. The highest BCUT2D eigenvalue weighted by atomic mass is 79.9. The largest absolute Gasteiger partial charge is 0.493 e. The van der Waals surface area contributed by atoms with Crippen LogP contribution in [0.15, 0.2) is 12.1 Å². The van der Waals surface area contributed by atoms with Crippen LogP contribution in [0.1, 0.15) is 5.56 Å². The molecule has 0 aliphatic carbocycles. The van der Waals surface area contributed by atoms with Gasteiger partial charge in [-0.05, 0) is 24.1 Å². The maximum Gasteiger partial charge on any atom is 0.166 e. The van der Waals surface area contributed by atoms with Gasteiger partial charge < -0.3 is 4.74 Å². The normalized spacial score (nSPS) is 10.2. The van der Waals surface area contributed by atoms with Crippen molar-refractivity contribution in [1.29, 1.82) is 0 Å². The molecular formula is C9H9BrClFO. The van der Waals surface area contributed by atoms with E-state index in [1.807, 2.05) is 0 Å². The minimum Gasteiger partial charge on any atom is -0.493 e. The van der Waals surface area contributed by atoms with Gasteiger partial charge in [-0.25, -0.2) is 4.39 Å². The molecule has 0 aromatic heterocycles. The summed E-state index contributed by atoms with van der Waals surface area (Å²) in [6.45, 7) is 0. The quantitative estimate of drug-likeness (QED) is 0.763. The van der Waals surface area contributed by atoms with Crippen LogP contribution < -0.4 is 4.74 Å². The van der Waals surface area contributed by atoms with E-state index in [1.165, 1.54) is 13.2 Å². The summed E-state index contributed by atoms with van der Waals surface area (Å²) >= 11 is 8.98. The van der Waals surface area contributed by atoms with Crippen molar-refractivity contribution in [2.75, 3.05) is 12.4 Å². The van der Waals surface area contributed by atoms with Crippen molar-refractivity contribution in [2.24, 2.45) is 0 Å². The fraction of sp³-hybridized carbons (Fsp3) is 0.333. The van der Waals surface area contributed by atoms with Gasteiger partial charge in [0, 0.05) is 10.4 Å². The Labute approximate surface area is 90.0 Å². The summed E-state index contributed by atoms with van der Waals surface area (Å²) < 4.78 is 18.1. The van der Waals surface area contributed by atoms with Gasteiger partial charge in [0.25, 0.3) is 0 Å². The molecule has 0 unspecified atom stereocenters. The van der Waals surface area contributed by atoms with Crippen LogP contribution in [0, 0.1) is 5.82 Å². The number of alkyl halides is 1. The van der Waals surface area contributed by atoms with Gasteiger partial charge in [0.1, 0.15) is 0 Å². The molecule has 0 fully saturated rings. The van der Waals surface area contributed by atoms with Crippen LogP contribution in [-0.2, 0) is 6.42 Å². The molecule has 72 valence electrons. The SMILES string of the molecule is COc1c(F)cc(Cl)cc1CCBr. The summed E-state index contributed by atoms with van der Waals surface area (Å²) in [7, 11) is 1.45. The van der Waals surface area contributed by atoms with E-state index in [2.05, 4.69) is 15.9 Å². The van der Waals surface area contributed by atoms with E-state index in [4.69, 9.17) is 16.3 Å². The number of halogens is 3. The van der Waals surface area contributed by atoms with E-state index in [9.17, 15) is 4.39 Å². The molecule has 1 nitrogen and oxygen atoms in total. The van der Waals surface area contributed by atoms with Gasteiger partial charge >= 0.3 is 0 Å². The summed E-state index contributed by atoms with van der Waals surface area (Å²) in [5, 5.41) is 1.15. The van der Waals surface area contributed by atoms with Crippen molar-refractivity contribution in [3.63, 3.8) is 0 Å². The van der Waals surface area contributed by atoms with Gasteiger partial charge in [0.05, 0.1) is 7.11 Å². The average molecular weight is 268 g/mol. The molecule has 0 aliphatic rings. The van der Waals surface area contributed by atoms with Crippen LogP contribution in [0.25, 0.3) is 0 Å². The van der Waals surface area contributed by atoms with Crippen LogP contribution in [-0.4, -0.2) is 12.4 Å². The second kappa shape index (κ2) is 4.82. The first-order valence-corrected chi connectivity index (χ1v) is 5.27. The van der Waals surface area contributed by atoms with E-state index in [0.717, 1.165) is 10.9 Å². The molecule has 0 heterocycles. The lowest BCUT2D eigenvalue weighted by Gasteiger charge is -2.08. The lowest BCUT2D eigenvalue weighted by Crippen LogP contribution is -1.96. The zero-order chi connectivity index (χ0) is 9.84. The molecule has 0 amide bonds. The van der Waals surface area contributed by atoms with E-state index in [-0.39, 0.29) is 5.75 Å². The fourth-order valence-electron chi connectivity index (χ4n) is 1.13. The molecule has 0 bridgehead atoms. The van der Waals surface area contributed by atoms with Gasteiger partial charge in [-0.2, -0.15) is 0 Å². The summed E-state index contributed by atoms with van der Waals surface area (Å²) in [5.41, 5.74) is 0.782. The second-order valence-corrected chi connectivity index (χ2v) is 3.75. The highest BCUT2D eigenvalue weighted by molar-refractivity contribution is 9.09. The predicted octanol–water partition coefficient (Wildman–Crippen LogP) is 3.43. The minimum absolute atomic E-state index is 0.281. The zero-order valence-electron chi connectivity index (χ0n) is 7.11. The molecule has 0 saturated heterocycles. The Morgan fingerprint density at radius 1 is 1.54 bits per heavy atom. The first kappa shape index (κ1) is 10.8. The molecule has 1 aromatic carbocycles. The van der Waals surface area contributed by atoms with E-state index < -0.39 is 5.82 Å². The molecule has 0 radical (unpaired) electrons. The first-order valence-electron chi connectivity index (χ1n) is 3.77. The maximum absolute atomic E-state index is 13.2. The third kappa shape index (κ3) is 2.58. The van der Waals surface area contributed by atoms with Gasteiger partial charge in [-0.1, -0.05) is 27.5 Å². The number of hydrogen-bond acceptors (Lipinski definition) is 1. The van der Waals surface area contributed by atoms with E-state index in [0.29, 0.717) is 11.4 Å². The molecule has 0 atom stereocenters. The molecule has 0 N–H and O–H groups in total. The standard InChI is InChI=1S/C9H9BrClFO/c1-13-9-6(2-3-10)4-7(11)5-8(9)12/h4-5H,2-3H2,1H3. The van der Waals surface area contributed by atoms with Crippen molar-refractivity contribution in [1.82, 2.24) is 0 Å². The third-order valence-corrected chi connectivity index (χ3v) is 2.27. The van der Waals surface area contributed by atoms with Crippen LogP contribution >= 0.6 is 27.5 Å². The average Bonchev–Trinajstić information content (AvgIpc) is 2.04. The number of aryl methyl sites for hydroxylation is 1. The van der Waals surface area contributed by atoms with Crippen LogP contribution in [0.2, 0.25) is 5.02 Å². The van der Waals surface area contributed by atoms with E-state index >= 15 is 0 Å². The molecule has 1 rings (SSSR count). The Kier molecular flexibility index (Phi) is 4.00. The molecule has 13 heavy (non-hydrogen) atoms. The van der Waals surface area contributed by atoms with Gasteiger partial charge in [-0.3, -0.25) is 0 Å². The Bertz CT molecular complexity index is 304. The Hall–Kier alpha value is -0.280. The molecular weight excluding hydrogens is 258 g/mol. The van der Waals surface area contributed by atoms with Crippen LogP contribution in [0.3, 0.4) is 0 Å². The van der Waals surface area contributed by atoms with Crippen LogP contribution in [0.4, 0.5) is 4.39 Å². The van der Waals surface area contributed by atoms with Crippen molar-refractivity contribution in [3.8, 4) is 5.75 Å². The minimum atomic E-state index is -0.411. The Morgan fingerprint density at radius 3 is 2.77 bits per heavy atom. The summed E-state index contributed by atoms with van der Waals surface area (Å²) in [6.07, 6.45) is 0.695. The number of hydrogen-bond donors (Lipinski definition) is 0. The van der Waals surface area contributed by atoms with Gasteiger partial charge in [0.15, 0.2) is 11.6 Å². The van der Waals surface area contributed by atoms with Crippen molar-refractivity contribution in [2.45, 2.75) is 6.42 Å². The second-order valence-electron chi connectivity index (χ2n) is 2.52. The summed E-state index contributed by atoms with van der Waals surface area (Å²) in [5.74, 6) is -0.130. The molecule has 0 spiro atoms. The first-order chi connectivity index (χ1) is 6.19.